The van der Waals surface area contributed by atoms with Crippen molar-refractivity contribution in [3.05, 3.63) is 59.7 Å². The maximum atomic E-state index is 9.34. The topological polar surface area (TPSA) is 23.8 Å². The fourth-order valence-electron chi connectivity index (χ4n) is 2.66. The smallest absolute Gasteiger partial charge is 0.0824 e. The van der Waals surface area contributed by atoms with Gasteiger partial charge in [-0.3, -0.25) is 0 Å². The number of nitriles is 1. The molecule has 0 amide bonds. The molecule has 100 valence electrons. The molecule has 0 unspecified atom stereocenters. The number of hydrogen-bond donors (Lipinski definition) is 0. The van der Waals surface area contributed by atoms with Crippen LogP contribution in [0.1, 0.15) is 43.7 Å². The quantitative estimate of drug-likeness (QED) is 0.760. The van der Waals surface area contributed by atoms with E-state index in [1.165, 1.54) is 22.3 Å². The third-order valence-electron chi connectivity index (χ3n) is 4.27. The van der Waals surface area contributed by atoms with E-state index in [0.29, 0.717) is 5.92 Å². The van der Waals surface area contributed by atoms with Gasteiger partial charge in [-0.25, -0.2) is 0 Å². The molecule has 1 aliphatic rings. The van der Waals surface area contributed by atoms with Crippen molar-refractivity contribution in [1.82, 2.24) is 0 Å². The molecule has 2 aromatic rings. The van der Waals surface area contributed by atoms with Crippen LogP contribution in [0.15, 0.2) is 48.5 Å². The van der Waals surface area contributed by atoms with Gasteiger partial charge in [0.05, 0.1) is 11.5 Å². The zero-order chi connectivity index (χ0) is 14.2. The molecular weight excluding hydrogens is 242 g/mol. The van der Waals surface area contributed by atoms with Crippen LogP contribution in [0.25, 0.3) is 11.1 Å². The predicted octanol–water partition coefficient (Wildman–Crippen LogP) is 5.03. The van der Waals surface area contributed by atoms with Gasteiger partial charge >= 0.3 is 0 Å². The van der Waals surface area contributed by atoms with Gasteiger partial charge in [-0.2, -0.15) is 5.26 Å². The minimum absolute atomic E-state index is 0.203. The first-order valence-electron chi connectivity index (χ1n) is 7.27. The average molecular weight is 261 g/mol. The summed E-state index contributed by atoms with van der Waals surface area (Å²) in [5.41, 5.74) is 4.78. The van der Waals surface area contributed by atoms with Crippen molar-refractivity contribution in [3.63, 3.8) is 0 Å². The fourth-order valence-corrected chi connectivity index (χ4v) is 2.66. The van der Waals surface area contributed by atoms with E-state index >= 15 is 0 Å². The van der Waals surface area contributed by atoms with Crippen LogP contribution < -0.4 is 0 Å². The van der Waals surface area contributed by atoms with Gasteiger partial charge in [-0.15, -0.1) is 0 Å². The lowest BCUT2D eigenvalue weighted by Gasteiger charge is -2.11. The summed E-state index contributed by atoms with van der Waals surface area (Å²) < 4.78 is 0. The van der Waals surface area contributed by atoms with Gasteiger partial charge in [0.2, 0.25) is 0 Å². The van der Waals surface area contributed by atoms with Crippen molar-refractivity contribution in [2.24, 2.45) is 0 Å². The third kappa shape index (κ3) is 2.23. The predicted molar refractivity (Wildman–Crippen MR) is 82.5 cm³/mol. The lowest BCUT2D eigenvalue weighted by Crippen LogP contribution is -2.02. The maximum absolute atomic E-state index is 9.34. The molecule has 1 fully saturated rings. The standard InChI is InChI=1S/C19H19N/c1-14(2)15-5-3-6-16(11-15)17-7-4-8-18(12-17)19(13-20)9-10-19/h3-8,11-12,14H,9-10H2,1-2H3. The molecular formula is C19H19N. The second kappa shape index (κ2) is 4.80. The molecule has 0 bridgehead atoms. The monoisotopic (exact) mass is 261 g/mol. The number of nitrogens with zero attached hydrogens (tertiary/aromatic N) is 1. The molecule has 0 aliphatic heterocycles. The van der Waals surface area contributed by atoms with Crippen LogP contribution in [0.5, 0.6) is 0 Å². The van der Waals surface area contributed by atoms with E-state index in [0.717, 1.165) is 12.8 Å². The average Bonchev–Trinajstić information content (AvgIpc) is 3.29. The van der Waals surface area contributed by atoms with Crippen molar-refractivity contribution in [1.29, 1.82) is 5.26 Å². The molecule has 1 saturated carbocycles. The lowest BCUT2D eigenvalue weighted by atomic mass is 9.92. The minimum Gasteiger partial charge on any atom is -0.197 e. The Labute approximate surface area is 120 Å². The Bertz CT molecular complexity index is 672. The van der Waals surface area contributed by atoms with Gasteiger partial charge in [0.15, 0.2) is 0 Å². The second-order valence-electron chi connectivity index (χ2n) is 6.05. The van der Waals surface area contributed by atoms with E-state index in [4.69, 9.17) is 0 Å². The minimum atomic E-state index is -0.203. The van der Waals surface area contributed by atoms with Crippen molar-refractivity contribution in [2.45, 2.75) is 38.0 Å². The summed E-state index contributed by atoms with van der Waals surface area (Å²) in [6, 6.07) is 19.7. The fraction of sp³-hybridized carbons (Fsp3) is 0.316. The molecule has 1 heteroatoms. The molecule has 20 heavy (non-hydrogen) atoms. The Kier molecular flexibility index (Phi) is 3.10. The molecule has 0 N–H and O–H groups in total. The molecule has 2 aromatic carbocycles. The van der Waals surface area contributed by atoms with Crippen LogP contribution in [0.3, 0.4) is 0 Å². The van der Waals surface area contributed by atoms with Crippen LogP contribution in [0, 0.1) is 11.3 Å². The summed E-state index contributed by atoms with van der Waals surface area (Å²) in [5, 5.41) is 9.34. The molecule has 0 spiro atoms. The van der Waals surface area contributed by atoms with Crippen LogP contribution in [-0.2, 0) is 5.41 Å². The van der Waals surface area contributed by atoms with Gasteiger partial charge in [0.25, 0.3) is 0 Å². The van der Waals surface area contributed by atoms with Crippen LogP contribution >= 0.6 is 0 Å². The first kappa shape index (κ1) is 12.9. The van der Waals surface area contributed by atoms with Crippen molar-refractivity contribution < 1.29 is 0 Å². The van der Waals surface area contributed by atoms with Gasteiger partial charge in [0, 0.05) is 0 Å². The van der Waals surface area contributed by atoms with Crippen LogP contribution in [0.2, 0.25) is 0 Å². The summed E-state index contributed by atoms with van der Waals surface area (Å²) >= 11 is 0. The largest absolute Gasteiger partial charge is 0.197 e. The maximum Gasteiger partial charge on any atom is 0.0824 e. The third-order valence-corrected chi connectivity index (χ3v) is 4.27. The van der Waals surface area contributed by atoms with E-state index in [1.807, 2.05) is 0 Å². The number of rotatable bonds is 3. The van der Waals surface area contributed by atoms with Gasteiger partial charge in [-0.1, -0.05) is 56.3 Å². The highest BCUT2D eigenvalue weighted by molar-refractivity contribution is 5.66. The molecule has 3 rings (SSSR count). The number of benzene rings is 2. The molecule has 0 aromatic heterocycles. The van der Waals surface area contributed by atoms with Gasteiger partial charge < -0.3 is 0 Å². The second-order valence-corrected chi connectivity index (χ2v) is 6.05. The Morgan fingerprint density at radius 3 is 2.25 bits per heavy atom. The summed E-state index contributed by atoms with van der Waals surface area (Å²) in [5.74, 6) is 0.534. The molecule has 0 atom stereocenters. The Hall–Kier alpha value is -2.07. The van der Waals surface area contributed by atoms with Gasteiger partial charge in [-0.05, 0) is 47.1 Å². The van der Waals surface area contributed by atoms with Crippen LogP contribution in [-0.4, -0.2) is 0 Å². The van der Waals surface area contributed by atoms with Crippen molar-refractivity contribution in [2.75, 3.05) is 0 Å². The molecule has 0 heterocycles. The van der Waals surface area contributed by atoms with E-state index < -0.39 is 0 Å². The van der Waals surface area contributed by atoms with Crippen molar-refractivity contribution >= 4 is 0 Å². The molecule has 0 radical (unpaired) electrons. The summed E-state index contributed by atoms with van der Waals surface area (Å²) in [6.07, 6.45) is 2.00. The molecule has 1 aliphatic carbocycles. The highest BCUT2D eigenvalue weighted by atomic mass is 14.5. The lowest BCUT2D eigenvalue weighted by molar-refractivity contribution is 0.867. The van der Waals surface area contributed by atoms with E-state index in [2.05, 4.69) is 68.4 Å². The zero-order valence-corrected chi connectivity index (χ0v) is 12.1. The van der Waals surface area contributed by atoms with Gasteiger partial charge in [0.1, 0.15) is 0 Å². The zero-order valence-electron chi connectivity index (χ0n) is 12.1. The van der Waals surface area contributed by atoms with Crippen LogP contribution in [0.4, 0.5) is 0 Å². The van der Waals surface area contributed by atoms with E-state index in [-0.39, 0.29) is 5.41 Å². The number of hydrogen-bond acceptors (Lipinski definition) is 1. The summed E-state index contributed by atoms with van der Waals surface area (Å²) in [4.78, 5) is 0. The SMILES string of the molecule is CC(C)c1cccc(-c2cccc(C3(C#N)CC3)c2)c1. The van der Waals surface area contributed by atoms with E-state index in [1.54, 1.807) is 0 Å². The Morgan fingerprint density at radius 2 is 1.65 bits per heavy atom. The molecule has 1 nitrogen and oxygen atoms in total. The first-order valence-corrected chi connectivity index (χ1v) is 7.27. The highest BCUT2D eigenvalue weighted by Gasteiger charge is 2.44. The van der Waals surface area contributed by atoms with Crippen molar-refractivity contribution in [3.8, 4) is 17.2 Å². The normalized spacial score (nSPS) is 15.9. The summed E-state index contributed by atoms with van der Waals surface area (Å²) in [7, 11) is 0. The first-order chi connectivity index (χ1) is 9.64. The molecule has 0 saturated heterocycles. The Balaban J connectivity index is 2.01. The Morgan fingerprint density at radius 1 is 1.00 bits per heavy atom. The highest BCUT2D eigenvalue weighted by Crippen LogP contribution is 2.48. The van der Waals surface area contributed by atoms with E-state index in [9.17, 15) is 5.26 Å². The summed E-state index contributed by atoms with van der Waals surface area (Å²) in [6.45, 7) is 4.43.